The van der Waals surface area contributed by atoms with Crippen molar-refractivity contribution in [3.05, 3.63) is 0 Å². The van der Waals surface area contributed by atoms with E-state index in [1.54, 1.807) is 4.90 Å². The smallest absolute Gasteiger partial charge is 0.412 e. The van der Waals surface area contributed by atoms with Crippen molar-refractivity contribution < 1.29 is 14.3 Å². The van der Waals surface area contributed by atoms with E-state index in [9.17, 15) is 4.79 Å². The summed E-state index contributed by atoms with van der Waals surface area (Å²) in [6.45, 7) is 13.6. The number of nitriles is 1. The maximum atomic E-state index is 12.6. The second kappa shape index (κ2) is 6.87. The van der Waals surface area contributed by atoms with Crippen LogP contribution in [-0.4, -0.2) is 34.5 Å². The second-order valence-corrected chi connectivity index (χ2v) is 7.85. The molecule has 0 spiro atoms. The average molecular weight is 310 g/mol. The molecule has 1 amide bonds. The van der Waals surface area contributed by atoms with Crippen LogP contribution in [0.5, 0.6) is 0 Å². The number of carbonyl (C=O) groups excluding carboxylic acids is 1. The molecule has 0 N–H and O–H groups in total. The lowest BCUT2D eigenvalue weighted by Gasteiger charge is -2.35. The molecule has 1 saturated heterocycles. The van der Waals surface area contributed by atoms with E-state index in [1.165, 1.54) is 0 Å². The first-order valence-corrected chi connectivity index (χ1v) is 8.05. The van der Waals surface area contributed by atoms with E-state index in [-0.39, 0.29) is 18.2 Å². The van der Waals surface area contributed by atoms with Gasteiger partial charge in [-0.1, -0.05) is 13.8 Å². The maximum absolute atomic E-state index is 12.6. The lowest BCUT2D eigenvalue weighted by atomic mass is 9.96. The van der Waals surface area contributed by atoms with Crippen LogP contribution in [0.4, 0.5) is 4.79 Å². The van der Waals surface area contributed by atoms with Gasteiger partial charge in [-0.25, -0.2) is 4.79 Å². The number of ether oxygens (including phenoxy) is 2. The van der Waals surface area contributed by atoms with Crippen LogP contribution >= 0.6 is 0 Å². The van der Waals surface area contributed by atoms with Crippen LogP contribution in [0.25, 0.3) is 0 Å². The van der Waals surface area contributed by atoms with E-state index in [0.29, 0.717) is 18.8 Å². The molecule has 0 bridgehead atoms. The van der Waals surface area contributed by atoms with Gasteiger partial charge in [-0.2, -0.15) is 5.26 Å². The molecule has 1 heterocycles. The molecule has 5 heteroatoms. The number of carbonyl (C=O) groups is 1. The average Bonchev–Trinajstić information content (AvgIpc) is 2.54. The molecule has 2 atom stereocenters. The van der Waals surface area contributed by atoms with Gasteiger partial charge in [0.05, 0.1) is 18.2 Å². The van der Waals surface area contributed by atoms with Crippen molar-refractivity contribution in [2.24, 2.45) is 5.92 Å². The summed E-state index contributed by atoms with van der Waals surface area (Å²) >= 11 is 0. The molecule has 1 fully saturated rings. The molecule has 0 radical (unpaired) electrons. The highest BCUT2D eigenvalue weighted by atomic mass is 16.6. The van der Waals surface area contributed by atoms with Gasteiger partial charge in [0.25, 0.3) is 0 Å². The number of amides is 1. The highest BCUT2D eigenvalue weighted by Gasteiger charge is 2.50. The summed E-state index contributed by atoms with van der Waals surface area (Å²) in [5.41, 5.74) is -1.26. The molecule has 0 aromatic carbocycles. The van der Waals surface area contributed by atoms with Crippen LogP contribution in [0.3, 0.4) is 0 Å². The van der Waals surface area contributed by atoms with E-state index in [0.717, 1.165) is 6.42 Å². The zero-order valence-corrected chi connectivity index (χ0v) is 15.0. The van der Waals surface area contributed by atoms with Crippen molar-refractivity contribution in [2.75, 3.05) is 0 Å². The fraction of sp³-hybridized carbons (Fsp3) is 0.882. The summed E-state index contributed by atoms with van der Waals surface area (Å²) in [6, 6.07) is 2.11. The molecule has 5 nitrogen and oxygen atoms in total. The van der Waals surface area contributed by atoms with Gasteiger partial charge in [0, 0.05) is 6.42 Å². The molecule has 22 heavy (non-hydrogen) atoms. The van der Waals surface area contributed by atoms with Gasteiger partial charge < -0.3 is 9.47 Å². The summed E-state index contributed by atoms with van der Waals surface area (Å²) in [6.07, 6.45) is 1.43. The lowest BCUT2D eigenvalue weighted by Crippen LogP contribution is -2.50. The standard InChI is InChI=1S/C17H30N2O3/c1-12(2)11-13-14(9-8-10-18)21-17(6,7)19(13)15(20)22-16(3,4)5/h12-14H,8-9,11H2,1-7H3/t13-,14-/m0/s1. The molecule has 1 aliphatic heterocycles. The monoisotopic (exact) mass is 310 g/mol. The Kier molecular flexibility index (Phi) is 5.86. The molecular formula is C17H30N2O3. The third-order valence-corrected chi connectivity index (χ3v) is 3.62. The normalized spacial score (nSPS) is 24.4. The van der Waals surface area contributed by atoms with Crippen molar-refractivity contribution in [1.82, 2.24) is 4.90 Å². The zero-order chi connectivity index (χ0) is 17.1. The highest BCUT2D eigenvalue weighted by molar-refractivity contribution is 5.70. The maximum Gasteiger partial charge on any atom is 0.412 e. The van der Waals surface area contributed by atoms with Gasteiger partial charge in [-0.3, -0.25) is 4.90 Å². The van der Waals surface area contributed by atoms with Gasteiger partial charge in [0.1, 0.15) is 11.3 Å². The predicted octanol–water partition coefficient (Wildman–Crippen LogP) is 4.08. The van der Waals surface area contributed by atoms with E-state index >= 15 is 0 Å². The minimum atomic E-state index is -0.720. The SMILES string of the molecule is CC(C)C[C@H]1[C@H](CCC#N)OC(C)(C)N1C(=O)OC(C)(C)C. The van der Waals surface area contributed by atoms with Crippen LogP contribution in [0.1, 0.15) is 67.7 Å². The topological polar surface area (TPSA) is 62.6 Å². The summed E-state index contributed by atoms with van der Waals surface area (Å²) in [5, 5.41) is 8.84. The molecule has 0 unspecified atom stereocenters. The van der Waals surface area contributed by atoms with Crippen LogP contribution in [-0.2, 0) is 9.47 Å². The molecule has 0 aromatic heterocycles. The Hall–Kier alpha value is -1.28. The Labute approximate surface area is 134 Å². The van der Waals surface area contributed by atoms with Gasteiger partial charge in [-0.05, 0) is 53.4 Å². The first-order chi connectivity index (χ1) is 9.98. The van der Waals surface area contributed by atoms with E-state index in [4.69, 9.17) is 14.7 Å². The molecule has 0 saturated carbocycles. The summed E-state index contributed by atoms with van der Waals surface area (Å²) in [7, 11) is 0. The Balaban J connectivity index is 3.02. The van der Waals surface area contributed by atoms with Crippen molar-refractivity contribution >= 4 is 6.09 Å². The van der Waals surface area contributed by atoms with Crippen molar-refractivity contribution in [2.45, 2.75) is 91.2 Å². The van der Waals surface area contributed by atoms with Gasteiger partial charge in [0.15, 0.2) is 0 Å². The van der Waals surface area contributed by atoms with Crippen LogP contribution in [0, 0.1) is 17.2 Å². The largest absolute Gasteiger partial charge is 0.444 e. The van der Waals surface area contributed by atoms with Crippen LogP contribution in [0.2, 0.25) is 0 Å². The molecule has 0 aromatic rings. The summed E-state index contributed by atoms with van der Waals surface area (Å²) in [5.74, 6) is 0.428. The fourth-order valence-electron chi connectivity index (χ4n) is 2.94. The van der Waals surface area contributed by atoms with E-state index in [1.807, 2.05) is 34.6 Å². The summed E-state index contributed by atoms with van der Waals surface area (Å²) in [4.78, 5) is 14.4. The minimum Gasteiger partial charge on any atom is -0.444 e. The lowest BCUT2D eigenvalue weighted by molar-refractivity contribution is -0.0797. The van der Waals surface area contributed by atoms with E-state index in [2.05, 4.69) is 19.9 Å². The molecule has 0 aliphatic carbocycles. The summed E-state index contributed by atoms with van der Waals surface area (Å²) < 4.78 is 11.7. The molecule has 126 valence electrons. The van der Waals surface area contributed by atoms with Gasteiger partial charge >= 0.3 is 6.09 Å². The molecule has 1 aliphatic rings. The first kappa shape index (κ1) is 18.8. The van der Waals surface area contributed by atoms with Crippen molar-refractivity contribution in [3.8, 4) is 6.07 Å². The van der Waals surface area contributed by atoms with Gasteiger partial charge in [0.2, 0.25) is 0 Å². The quantitative estimate of drug-likeness (QED) is 0.785. The minimum absolute atomic E-state index is 0.0572. The molecule has 1 rings (SSSR count). The fourth-order valence-corrected chi connectivity index (χ4v) is 2.94. The Morgan fingerprint density at radius 3 is 2.45 bits per heavy atom. The third kappa shape index (κ3) is 4.88. The van der Waals surface area contributed by atoms with E-state index < -0.39 is 11.3 Å². The molecular weight excluding hydrogens is 280 g/mol. The number of rotatable bonds is 4. The third-order valence-electron chi connectivity index (χ3n) is 3.62. The number of nitrogens with zero attached hydrogens (tertiary/aromatic N) is 2. The Morgan fingerprint density at radius 2 is 2.00 bits per heavy atom. The van der Waals surface area contributed by atoms with Crippen molar-refractivity contribution in [3.63, 3.8) is 0 Å². The number of hydrogen-bond donors (Lipinski definition) is 0. The van der Waals surface area contributed by atoms with Crippen LogP contribution < -0.4 is 0 Å². The number of hydrogen-bond acceptors (Lipinski definition) is 4. The second-order valence-electron chi connectivity index (χ2n) is 7.85. The zero-order valence-electron chi connectivity index (χ0n) is 15.0. The Bertz CT molecular complexity index is 432. The van der Waals surface area contributed by atoms with Gasteiger partial charge in [-0.15, -0.1) is 0 Å². The van der Waals surface area contributed by atoms with Crippen molar-refractivity contribution in [1.29, 1.82) is 5.26 Å². The first-order valence-electron chi connectivity index (χ1n) is 8.05. The highest BCUT2D eigenvalue weighted by Crippen LogP contribution is 2.38. The predicted molar refractivity (Wildman–Crippen MR) is 85.1 cm³/mol. The van der Waals surface area contributed by atoms with Crippen LogP contribution in [0.15, 0.2) is 0 Å². The Morgan fingerprint density at radius 1 is 1.41 bits per heavy atom.